The first-order chi connectivity index (χ1) is 38.0. The minimum Gasteiger partial charge on any atom is -0.394 e. The average Bonchev–Trinajstić information content (AvgIpc) is 3.46. The van der Waals surface area contributed by atoms with E-state index in [9.17, 15) is 38.2 Å². The van der Waals surface area contributed by atoms with Gasteiger partial charge in [0.05, 0.1) is 25.4 Å². The third kappa shape index (κ3) is 46.3. The van der Waals surface area contributed by atoms with E-state index in [0.29, 0.717) is 6.42 Å². The van der Waals surface area contributed by atoms with Crippen molar-refractivity contribution >= 4 is 16.3 Å². The van der Waals surface area contributed by atoms with Gasteiger partial charge in [0.2, 0.25) is 5.91 Å². The van der Waals surface area contributed by atoms with Crippen molar-refractivity contribution < 1.29 is 51.8 Å². The zero-order valence-electron chi connectivity index (χ0n) is 50.8. The van der Waals surface area contributed by atoms with Crippen LogP contribution in [0.1, 0.15) is 341 Å². The van der Waals surface area contributed by atoms with Gasteiger partial charge in [-0.1, -0.05) is 328 Å². The molecule has 1 fully saturated rings. The van der Waals surface area contributed by atoms with E-state index >= 15 is 0 Å². The summed E-state index contributed by atoms with van der Waals surface area (Å²) in [6, 6.07) is -0.941. The molecule has 7 atom stereocenters. The predicted molar refractivity (Wildman–Crippen MR) is 324 cm³/mol. The Labute approximate surface area is 480 Å². The molecule has 0 aromatic carbocycles. The molecule has 0 aromatic rings. The van der Waals surface area contributed by atoms with Crippen LogP contribution in [0.25, 0.3) is 0 Å². The molecule has 0 aliphatic carbocycles. The van der Waals surface area contributed by atoms with Crippen molar-refractivity contribution in [2.45, 2.75) is 384 Å². The first-order valence-electron chi connectivity index (χ1n) is 33.6. The van der Waals surface area contributed by atoms with E-state index in [4.69, 9.17) is 9.47 Å². The van der Waals surface area contributed by atoms with Gasteiger partial charge in [-0.15, -0.1) is 0 Å². The number of rotatable bonds is 60. The fraction of sp³-hybridized carbons (Fsp3) is 0.954. The Balaban J connectivity index is 2.21. The van der Waals surface area contributed by atoms with Crippen LogP contribution < -0.4 is 5.32 Å². The normalized spacial score (nSPS) is 18.8. The van der Waals surface area contributed by atoms with Gasteiger partial charge in [-0.25, -0.2) is 4.18 Å². The smallest absolute Gasteiger partial charge is 0.394 e. The molecule has 13 heteroatoms. The van der Waals surface area contributed by atoms with Gasteiger partial charge >= 0.3 is 10.4 Å². The zero-order chi connectivity index (χ0) is 56.8. The molecule has 0 bridgehead atoms. The van der Waals surface area contributed by atoms with Crippen molar-refractivity contribution in [2.24, 2.45) is 0 Å². The molecule has 0 saturated carbocycles. The Morgan fingerprint density at radius 1 is 0.500 bits per heavy atom. The van der Waals surface area contributed by atoms with Gasteiger partial charge < -0.3 is 35.2 Å². The molecule has 1 heterocycles. The second-order valence-corrected chi connectivity index (χ2v) is 24.8. The topological polar surface area (TPSA) is 192 Å². The van der Waals surface area contributed by atoms with Crippen molar-refractivity contribution in [2.75, 3.05) is 13.2 Å². The predicted octanol–water partition coefficient (Wildman–Crippen LogP) is 17.0. The first kappa shape index (κ1) is 74.9. The number of ether oxygens (including phenoxy) is 2. The lowest BCUT2D eigenvalue weighted by Crippen LogP contribution is -2.61. The molecule has 12 nitrogen and oxygen atoms in total. The van der Waals surface area contributed by atoms with Gasteiger partial charge in [0.1, 0.15) is 24.4 Å². The molecule has 0 radical (unpaired) electrons. The lowest BCUT2D eigenvalue weighted by molar-refractivity contribution is -0.298. The molecule has 1 aliphatic rings. The van der Waals surface area contributed by atoms with Crippen molar-refractivity contribution in [3.05, 3.63) is 12.2 Å². The molecule has 464 valence electrons. The van der Waals surface area contributed by atoms with E-state index in [0.717, 1.165) is 38.5 Å². The van der Waals surface area contributed by atoms with E-state index < -0.39 is 59.9 Å². The molecule has 1 saturated heterocycles. The minimum absolute atomic E-state index is 0.254. The number of hydrogen-bond acceptors (Lipinski definition) is 10. The summed E-state index contributed by atoms with van der Waals surface area (Å²) in [5.41, 5.74) is 0. The van der Waals surface area contributed by atoms with Gasteiger partial charge in [-0.05, 0) is 19.3 Å². The monoisotopic (exact) mass is 1130 g/mol. The molecule has 0 spiro atoms. The highest BCUT2D eigenvalue weighted by Gasteiger charge is 2.48. The van der Waals surface area contributed by atoms with Crippen LogP contribution in [0.2, 0.25) is 0 Å². The number of unbranched alkanes of at least 4 members (excludes halogenated alkanes) is 48. The van der Waals surface area contributed by atoms with Crippen molar-refractivity contribution in [3.63, 3.8) is 0 Å². The van der Waals surface area contributed by atoms with Gasteiger partial charge in [-0.2, -0.15) is 8.42 Å². The maximum Gasteiger partial charge on any atom is 0.397 e. The molecule has 1 rings (SSSR count). The van der Waals surface area contributed by atoms with Crippen LogP contribution >= 0.6 is 0 Å². The zero-order valence-corrected chi connectivity index (χ0v) is 51.6. The summed E-state index contributed by atoms with van der Waals surface area (Å²) in [6.07, 6.45) is 60.0. The van der Waals surface area contributed by atoms with Gasteiger partial charge in [0.25, 0.3) is 0 Å². The lowest BCUT2D eigenvalue weighted by atomic mass is 9.99. The maximum atomic E-state index is 13.2. The molecule has 6 N–H and O–H groups in total. The van der Waals surface area contributed by atoms with Crippen molar-refractivity contribution in [3.8, 4) is 0 Å². The van der Waals surface area contributed by atoms with E-state index in [1.54, 1.807) is 6.08 Å². The third-order valence-electron chi connectivity index (χ3n) is 16.3. The Hall–Kier alpha value is -1.16. The van der Waals surface area contributed by atoms with Gasteiger partial charge in [0, 0.05) is 6.42 Å². The quantitative estimate of drug-likeness (QED) is 0.0193. The SMILES string of the molecule is CCCCCCCCCCCCCCCCCC/C=C/C(O)C(COC1OC(CO)C(O)C(OS(=O)(=O)O)C1O)NC(=O)CCCCCCCCCCCCCCCCCCCCCCCCCCCCCCCCCCC. The van der Waals surface area contributed by atoms with E-state index in [-0.39, 0.29) is 18.9 Å². The van der Waals surface area contributed by atoms with Crippen molar-refractivity contribution in [1.82, 2.24) is 5.32 Å². The highest BCUT2D eigenvalue weighted by Crippen LogP contribution is 2.26. The fourth-order valence-electron chi connectivity index (χ4n) is 11.2. The molecule has 78 heavy (non-hydrogen) atoms. The van der Waals surface area contributed by atoms with Gasteiger partial charge in [-0.3, -0.25) is 9.35 Å². The number of nitrogens with one attached hydrogen (secondary N) is 1. The summed E-state index contributed by atoms with van der Waals surface area (Å²) in [5, 5.41) is 45.1. The van der Waals surface area contributed by atoms with Crippen LogP contribution in [0.5, 0.6) is 0 Å². The molecule has 1 aliphatic heterocycles. The van der Waals surface area contributed by atoms with Crippen LogP contribution in [-0.2, 0) is 28.9 Å². The highest BCUT2D eigenvalue weighted by molar-refractivity contribution is 7.80. The van der Waals surface area contributed by atoms with E-state index in [1.807, 2.05) is 6.08 Å². The Morgan fingerprint density at radius 2 is 0.808 bits per heavy atom. The molecular formula is C65H127NO11S. The summed E-state index contributed by atoms with van der Waals surface area (Å²) in [7, 11) is -5.09. The fourth-order valence-corrected chi connectivity index (χ4v) is 11.7. The Bertz CT molecular complexity index is 1420. The minimum atomic E-state index is -5.09. The van der Waals surface area contributed by atoms with Crippen molar-refractivity contribution in [1.29, 1.82) is 0 Å². The summed E-state index contributed by atoms with van der Waals surface area (Å²) < 4.78 is 48.0. The van der Waals surface area contributed by atoms with Crippen LogP contribution in [0.4, 0.5) is 0 Å². The number of carbonyl (C=O) groups excluding carboxylic acids is 1. The number of amides is 1. The molecule has 7 unspecified atom stereocenters. The molecular weight excluding hydrogens is 1000 g/mol. The summed E-state index contributed by atoms with van der Waals surface area (Å²) >= 11 is 0. The summed E-state index contributed by atoms with van der Waals surface area (Å²) in [5.74, 6) is -0.254. The third-order valence-corrected chi connectivity index (χ3v) is 16.8. The molecule has 0 aromatic heterocycles. The Morgan fingerprint density at radius 3 is 1.12 bits per heavy atom. The standard InChI is InChI=1S/C65H127NO11S/c1-3-5-7-9-11-13-15-17-19-21-23-24-25-26-27-28-29-30-31-32-33-34-35-36-37-39-41-43-45-47-49-51-53-55-61(69)66-58(57-75-65-63(71)64(77-78(72,73)74)62(70)60(56-67)76-65)59(68)54-52-50-48-46-44-42-40-38-22-20-18-16-14-12-10-8-6-4-2/h52,54,58-60,62-65,67-68,70-71H,3-51,53,55-57H2,1-2H3,(H,66,69)(H,72,73,74)/b54-52+. The maximum absolute atomic E-state index is 13.2. The number of aliphatic hydroxyl groups excluding tert-OH is 4. The largest absolute Gasteiger partial charge is 0.397 e. The van der Waals surface area contributed by atoms with Gasteiger partial charge in [0.15, 0.2) is 6.29 Å². The summed E-state index contributed by atoms with van der Waals surface area (Å²) in [6.45, 7) is 3.46. The van der Waals surface area contributed by atoms with E-state index in [1.165, 1.54) is 276 Å². The van der Waals surface area contributed by atoms with E-state index in [2.05, 4.69) is 23.3 Å². The number of hydrogen-bond donors (Lipinski definition) is 6. The van der Waals surface area contributed by atoms with Crippen LogP contribution in [0, 0.1) is 0 Å². The number of allylic oxidation sites excluding steroid dienone is 1. The van der Waals surface area contributed by atoms with Crippen LogP contribution in [0.15, 0.2) is 12.2 Å². The summed E-state index contributed by atoms with van der Waals surface area (Å²) in [4.78, 5) is 13.2. The Kier molecular flexibility index (Phi) is 52.8. The first-order valence-corrected chi connectivity index (χ1v) is 34.9. The second kappa shape index (κ2) is 55.1. The molecule has 1 amide bonds. The van der Waals surface area contributed by atoms with Crippen LogP contribution in [-0.4, -0.2) is 95.4 Å². The van der Waals surface area contributed by atoms with Crippen LogP contribution in [0.3, 0.4) is 0 Å². The number of carbonyl (C=O) groups is 1. The highest BCUT2D eigenvalue weighted by atomic mass is 32.3. The average molecular weight is 1130 g/mol. The number of aliphatic hydroxyl groups is 4. The second-order valence-electron chi connectivity index (χ2n) is 23.8. The lowest BCUT2D eigenvalue weighted by Gasteiger charge is -2.41.